The number of rotatable bonds is 6. The normalized spacial score (nSPS) is 10.7. The first kappa shape index (κ1) is 16.2. The second kappa shape index (κ2) is 7.76. The van der Waals surface area contributed by atoms with Crippen molar-refractivity contribution in [3.05, 3.63) is 65.7 Å². The van der Waals surface area contributed by atoms with Crippen LogP contribution < -0.4 is 4.90 Å². The van der Waals surface area contributed by atoms with Crippen molar-refractivity contribution < 1.29 is 4.79 Å². The molecule has 116 valence electrons. The van der Waals surface area contributed by atoms with E-state index < -0.39 is 0 Å². The van der Waals surface area contributed by atoms with Gasteiger partial charge in [-0.05, 0) is 42.9 Å². The summed E-state index contributed by atoms with van der Waals surface area (Å²) in [7, 11) is 1.81. The molecule has 0 unspecified atom stereocenters. The molecule has 3 heteroatoms. The number of para-hydroxylation sites is 1. The van der Waals surface area contributed by atoms with Crippen molar-refractivity contribution in [3.8, 4) is 0 Å². The molecule has 0 aromatic heterocycles. The molecule has 0 N–H and O–H groups in total. The number of amides is 1. The third-order valence-corrected chi connectivity index (χ3v) is 3.95. The van der Waals surface area contributed by atoms with Gasteiger partial charge in [0.05, 0.1) is 0 Å². The smallest absolute Gasteiger partial charge is 0.258 e. The fraction of sp³-hybridized carbons (Fsp3) is 0.316. The van der Waals surface area contributed by atoms with Gasteiger partial charge in [0, 0.05) is 24.8 Å². The highest BCUT2D eigenvalue weighted by atomic mass is 16.2. The third kappa shape index (κ3) is 3.95. The van der Waals surface area contributed by atoms with Crippen LogP contribution in [-0.4, -0.2) is 30.9 Å². The summed E-state index contributed by atoms with van der Waals surface area (Å²) in [6.07, 6.45) is 0. The van der Waals surface area contributed by atoms with Crippen LogP contribution in [0.4, 0.5) is 5.69 Å². The van der Waals surface area contributed by atoms with Gasteiger partial charge in [0.1, 0.15) is 0 Å². The Balaban J connectivity index is 2.08. The second-order valence-electron chi connectivity index (χ2n) is 5.36. The van der Waals surface area contributed by atoms with Crippen LogP contribution in [0, 0.1) is 0 Å². The molecule has 0 saturated carbocycles. The molecule has 0 aliphatic carbocycles. The number of nitrogens with zero attached hydrogens (tertiary/aromatic N) is 2. The van der Waals surface area contributed by atoms with E-state index in [1.165, 1.54) is 5.56 Å². The molecule has 2 rings (SSSR count). The lowest BCUT2D eigenvalue weighted by Crippen LogP contribution is -2.26. The summed E-state index contributed by atoms with van der Waals surface area (Å²) in [5.41, 5.74) is 2.86. The van der Waals surface area contributed by atoms with E-state index in [1.807, 2.05) is 61.6 Å². The molecule has 0 fully saturated rings. The standard InChI is InChI=1S/C19H24N2O/c1-4-21(5-2)15-16-11-13-17(14-12-16)19(22)20(3)18-9-7-6-8-10-18/h6-14H,4-5,15H2,1-3H3. The Labute approximate surface area is 133 Å². The van der Waals surface area contributed by atoms with Gasteiger partial charge in [-0.2, -0.15) is 0 Å². The van der Waals surface area contributed by atoms with Crippen LogP contribution in [0.25, 0.3) is 0 Å². The molecular formula is C19H24N2O. The minimum Gasteiger partial charge on any atom is -0.311 e. The summed E-state index contributed by atoms with van der Waals surface area (Å²) >= 11 is 0. The predicted octanol–water partition coefficient (Wildman–Crippen LogP) is 3.81. The Hall–Kier alpha value is -2.13. The van der Waals surface area contributed by atoms with Crippen molar-refractivity contribution in [2.75, 3.05) is 25.0 Å². The van der Waals surface area contributed by atoms with E-state index in [9.17, 15) is 4.79 Å². The fourth-order valence-electron chi connectivity index (χ4n) is 2.42. The molecule has 0 heterocycles. The summed E-state index contributed by atoms with van der Waals surface area (Å²) in [6, 6.07) is 17.6. The van der Waals surface area contributed by atoms with E-state index >= 15 is 0 Å². The first-order valence-corrected chi connectivity index (χ1v) is 7.80. The van der Waals surface area contributed by atoms with Gasteiger partial charge in [-0.1, -0.05) is 44.2 Å². The minimum absolute atomic E-state index is 0.0144. The molecule has 0 bridgehead atoms. The lowest BCUT2D eigenvalue weighted by atomic mass is 10.1. The number of hydrogen-bond donors (Lipinski definition) is 0. The van der Waals surface area contributed by atoms with Crippen molar-refractivity contribution in [2.45, 2.75) is 20.4 Å². The van der Waals surface area contributed by atoms with Crippen LogP contribution in [-0.2, 0) is 6.54 Å². The molecular weight excluding hydrogens is 272 g/mol. The van der Waals surface area contributed by atoms with Gasteiger partial charge in [0.2, 0.25) is 0 Å². The lowest BCUT2D eigenvalue weighted by Gasteiger charge is -2.19. The molecule has 0 atom stereocenters. The van der Waals surface area contributed by atoms with E-state index in [4.69, 9.17) is 0 Å². The molecule has 0 aliphatic heterocycles. The predicted molar refractivity (Wildman–Crippen MR) is 92.2 cm³/mol. The maximum Gasteiger partial charge on any atom is 0.258 e. The van der Waals surface area contributed by atoms with Crippen LogP contribution in [0.1, 0.15) is 29.8 Å². The van der Waals surface area contributed by atoms with Crippen LogP contribution >= 0.6 is 0 Å². The highest BCUT2D eigenvalue weighted by molar-refractivity contribution is 6.05. The number of anilines is 1. The molecule has 22 heavy (non-hydrogen) atoms. The van der Waals surface area contributed by atoms with Crippen molar-refractivity contribution in [1.82, 2.24) is 4.90 Å². The Morgan fingerprint density at radius 1 is 0.909 bits per heavy atom. The molecule has 0 saturated heterocycles. The number of benzene rings is 2. The van der Waals surface area contributed by atoms with Crippen molar-refractivity contribution in [1.29, 1.82) is 0 Å². The Morgan fingerprint density at radius 2 is 1.50 bits per heavy atom. The number of hydrogen-bond acceptors (Lipinski definition) is 2. The van der Waals surface area contributed by atoms with Gasteiger partial charge < -0.3 is 4.90 Å². The lowest BCUT2D eigenvalue weighted by molar-refractivity contribution is 0.0993. The van der Waals surface area contributed by atoms with Gasteiger partial charge in [-0.15, -0.1) is 0 Å². The Morgan fingerprint density at radius 3 is 2.05 bits per heavy atom. The van der Waals surface area contributed by atoms with Crippen LogP contribution in [0.3, 0.4) is 0 Å². The van der Waals surface area contributed by atoms with Crippen LogP contribution in [0.2, 0.25) is 0 Å². The first-order valence-electron chi connectivity index (χ1n) is 7.80. The first-order chi connectivity index (χ1) is 10.7. The van der Waals surface area contributed by atoms with Gasteiger partial charge in [-0.25, -0.2) is 0 Å². The molecule has 2 aromatic carbocycles. The topological polar surface area (TPSA) is 23.6 Å². The molecule has 2 aromatic rings. The second-order valence-corrected chi connectivity index (χ2v) is 5.36. The van der Waals surface area contributed by atoms with E-state index in [1.54, 1.807) is 4.90 Å². The average molecular weight is 296 g/mol. The third-order valence-electron chi connectivity index (χ3n) is 3.95. The largest absolute Gasteiger partial charge is 0.311 e. The van der Waals surface area contributed by atoms with Crippen LogP contribution in [0.15, 0.2) is 54.6 Å². The molecule has 0 radical (unpaired) electrons. The van der Waals surface area contributed by atoms with E-state index in [0.717, 1.165) is 30.9 Å². The average Bonchev–Trinajstić information content (AvgIpc) is 2.59. The van der Waals surface area contributed by atoms with E-state index in [2.05, 4.69) is 18.7 Å². The Kier molecular flexibility index (Phi) is 5.73. The summed E-state index contributed by atoms with van der Waals surface area (Å²) in [5.74, 6) is 0.0144. The molecule has 1 amide bonds. The summed E-state index contributed by atoms with van der Waals surface area (Å²) in [4.78, 5) is 16.5. The maximum atomic E-state index is 12.5. The van der Waals surface area contributed by atoms with Gasteiger partial charge in [-0.3, -0.25) is 9.69 Å². The highest BCUT2D eigenvalue weighted by Crippen LogP contribution is 2.15. The van der Waals surface area contributed by atoms with Gasteiger partial charge in [0.25, 0.3) is 5.91 Å². The zero-order valence-corrected chi connectivity index (χ0v) is 13.6. The van der Waals surface area contributed by atoms with Gasteiger partial charge >= 0.3 is 0 Å². The number of carbonyl (C=O) groups excluding carboxylic acids is 1. The summed E-state index contributed by atoms with van der Waals surface area (Å²) in [6.45, 7) is 7.32. The molecule has 3 nitrogen and oxygen atoms in total. The quantitative estimate of drug-likeness (QED) is 0.809. The fourth-order valence-corrected chi connectivity index (χ4v) is 2.42. The van der Waals surface area contributed by atoms with Crippen molar-refractivity contribution in [3.63, 3.8) is 0 Å². The summed E-state index contributed by atoms with van der Waals surface area (Å²) in [5, 5.41) is 0. The number of carbonyl (C=O) groups is 1. The van der Waals surface area contributed by atoms with Crippen molar-refractivity contribution >= 4 is 11.6 Å². The van der Waals surface area contributed by atoms with E-state index in [0.29, 0.717) is 0 Å². The van der Waals surface area contributed by atoms with Gasteiger partial charge in [0.15, 0.2) is 0 Å². The van der Waals surface area contributed by atoms with E-state index in [-0.39, 0.29) is 5.91 Å². The highest BCUT2D eigenvalue weighted by Gasteiger charge is 2.13. The monoisotopic (exact) mass is 296 g/mol. The molecule has 0 spiro atoms. The summed E-state index contributed by atoms with van der Waals surface area (Å²) < 4.78 is 0. The Bertz CT molecular complexity index is 589. The van der Waals surface area contributed by atoms with Crippen molar-refractivity contribution in [2.24, 2.45) is 0 Å². The minimum atomic E-state index is 0.0144. The zero-order chi connectivity index (χ0) is 15.9. The van der Waals surface area contributed by atoms with Crippen LogP contribution in [0.5, 0.6) is 0 Å². The SMILES string of the molecule is CCN(CC)Cc1ccc(C(=O)N(C)c2ccccc2)cc1. The maximum absolute atomic E-state index is 12.5. The zero-order valence-electron chi connectivity index (χ0n) is 13.6. The molecule has 0 aliphatic rings.